The molecular formula is C8H14ClN5O2. The fourth-order valence-electron chi connectivity index (χ4n) is 1.47. The molecule has 0 saturated heterocycles. The third-order valence-electron chi connectivity index (χ3n) is 2.32. The quantitative estimate of drug-likeness (QED) is 0.520. The van der Waals surface area contributed by atoms with Gasteiger partial charge in [0.15, 0.2) is 11.2 Å². The van der Waals surface area contributed by atoms with Gasteiger partial charge in [-0.05, 0) is 0 Å². The number of imidazole rings is 1. The number of fused-ring (bicyclic) bond motifs is 1. The Kier molecular flexibility index (Phi) is 4.05. The molecule has 2 aromatic heterocycles. The minimum absolute atomic E-state index is 0. The molecule has 7 nitrogen and oxygen atoms in total. The highest BCUT2D eigenvalue weighted by molar-refractivity contribution is 5.69. The molecule has 0 fully saturated rings. The predicted octanol–water partition coefficient (Wildman–Crippen LogP) is -3.65. The summed E-state index contributed by atoms with van der Waals surface area (Å²) >= 11 is 0. The molecule has 0 saturated carbocycles. The molecule has 0 aromatic carbocycles. The van der Waals surface area contributed by atoms with Crippen molar-refractivity contribution in [1.82, 2.24) is 24.8 Å². The van der Waals surface area contributed by atoms with Crippen LogP contribution in [0.15, 0.2) is 15.9 Å². The van der Waals surface area contributed by atoms with E-state index in [1.807, 2.05) is 0 Å². The lowest BCUT2D eigenvalue weighted by atomic mass is 10.5. The largest absolute Gasteiger partial charge is 1.00 e. The molecule has 0 aliphatic rings. The van der Waals surface area contributed by atoms with Gasteiger partial charge in [-0.2, -0.15) is 0 Å². The van der Waals surface area contributed by atoms with Crippen molar-refractivity contribution in [3.8, 4) is 0 Å². The molecule has 0 radical (unpaired) electrons. The maximum atomic E-state index is 11.7. The highest BCUT2D eigenvalue weighted by atomic mass is 35.5. The topological polar surface area (TPSA) is 98.3 Å². The number of nitrogens with zero attached hydrogens (tertiary/aromatic N) is 4. The summed E-state index contributed by atoms with van der Waals surface area (Å²) in [5.41, 5.74) is 0.180. The van der Waals surface area contributed by atoms with Crippen molar-refractivity contribution in [2.45, 2.75) is 0 Å². The maximum Gasteiger partial charge on any atom is 0.332 e. The average Bonchev–Trinajstić information content (AvgIpc) is 2.54. The molecular weight excluding hydrogens is 234 g/mol. The van der Waals surface area contributed by atoms with Crippen LogP contribution >= 0.6 is 0 Å². The second-order valence-corrected chi connectivity index (χ2v) is 3.23. The summed E-state index contributed by atoms with van der Waals surface area (Å²) in [5, 5.41) is 0. The SMILES string of the molecule is Cn1c(=O)c2c(ncn2C)n(C)c1=O.[Cl-].[NH4+]. The Labute approximate surface area is 97.3 Å². The molecule has 4 N–H and O–H groups in total. The molecule has 0 unspecified atom stereocenters. The van der Waals surface area contributed by atoms with E-state index in [1.165, 1.54) is 17.9 Å². The second kappa shape index (κ2) is 4.50. The number of aromatic nitrogens is 4. The lowest BCUT2D eigenvalue weighted by Crippen LogP contribution is -3.00. The van der Waals surface area contributed by atoms with Gasteiger partial charge < -0.3 is 23.1 Å². The summed E-state index contributed by atoms with van der Waals surface area (Å²) in [6.45, 7) is 0. The van der Waals surface area contributed by atoms with E-state index in [2.05, 4.69) is 4.98 Å². The van der Waals surface area contributed by atoms with Crippen LogP contribution < -0.4 is 29.8 Å². The first-order chi connectivity index (χ1) is 6.54. The molecule has 16 heavy (non-hydrogen) atoms. The lowest BCUT2D eigenvalue weighted by Gasteiger charge is -2.02. The minimum Gasteiger partial charge on any atom is -1.00 e. The molecule has 90 valence electrons. The average molecular weight is 248 g/mol. The molecule has 0 bridgehead atoms. The first-order valence-corrected chi connectivity index (χ1v) is 4.11. The standard InChI is InChI=1S/C8H10N4O2.ClH.H3N/c1-10-4-9-6-5(10)7(13)12(3)8(14)11(6)2;;/h4H,1-3H3;1H;1H3. The van der Waals surface area contributed by atoms with Crippen molar-refractivity contribution in [1.29, 1.82) is 0 Å². The molecule has 8 heteroatoms. The zero-order valence-corrected chi connectivity index (χ0v) is 10.3. The zero-order valence-electron chi connectivity index (χ0n) is 9.56. The van der Waals surface area contributed by atoms with Crippen molar-refractivity contribution < 1.29 is 12.4 Å². The van der Waals surface area contributed by atoms with Crippen LogP contribution in [0.3, 0.4) is 0 Å². The van der Waals surface area contributed by atoms with Crippen LogP contribution in [-0.2, 0) is 21.1 Å². The van der Waals surface area contributed by atoms with Crippen molar-refractivity contribution in [3.05, 3.63) is 27.2 Å². The monoisotopic (exact) mass is 247 g/mol. The highest BCUT2D eigenvalue weighted by Crippen LogP contribution is 2.01. The van der Waals surface area contributed by atoms with E-state index in [1.54, 1.807) is 18.7 Å². The van der Waals surface area contributed by atoms with Crippen LogP contribution in [0.1, 0.15) is 0 Å². The van der Waals surface area contributed by atoms with Crippen molar-refractivity contribution in [3.63, 3.8) is 0 Å². The van der Waals surface area contributed by atoms with Gasteiger partial charge in [0.25, 0.3) is 5.56 Å². The van der Waals surface area contributed by atoms with Crippen LogP contribution in [0.25, 0.3) is 11.2 Å². The summed E-state index contributed by atoms with van der Waals surface area (Å²) in [7, 11) is 4.77. The summed E-state index contributed by atoms with van der Waals surface area (Å²) in [6, 6.07) is 0. The molecule has 0 aliphatic carbocycles. The van der Waals surface area contributed by atoms with Crippen LogP contribution in [-0.4, -0.2) is 18.7 Å². The van der Waals surface area contributed by atoms with E-state index >= 15 is 0 Å². The molecule has 0 aliphatic heterocycles. The van der Waals surface area contributed by atoms with E-state index < -0.39 is 0 Å². The Morgan fingerprint density at radius 2 is 1.69 bits per heavy atom. The Bertz CT molecular complexity index is 624. The lowest BCUT2D eigenvalue weighted by molar-refractivity contribution is -0.00000369. The van der Waals surface area contributed by atoms with E-state index in [4.69, 9.17) is 0 Å². The third-order valence-corrected chi connectivity index (χ3v) is 2.32. The Morgan fingerprint density at radius 3 is 2.25 bits per heavy atom. The van der Waals surface area contributed by atoms with Gasteiger partial charge in [0.05, 0.1) is 6.33 Å². The van der Waals surface area contributed by atoms with Crippen molar-refractivity contribution >= 4 is 11.2 Å². The fraction of sp³-hybridized carbons (Fsp3) is 0.375. The van der Waals surface area contributed by atoms with Crippen LogP contribution in [0.4, 0.5) is 0 Å². The summed E-state index contributed by atoms with van der Waals surface area (Å²) < 4.78 is 4.04. The number of rotatable bonds is 0. The van der Waals surface area contributed by atoms with E-state index in [9.17, 15) is 9.59 Å². The van der Waals surface area contributed by atoms with E-state index in [-0.39, 0.29) is 29.8 Å². The van der Waals surface area contributed by atoms with Gasteiger partial charge in [0.1, 0.15) is 0 Å². The van der Waals surface area contributed by atoms with Gasteiger partial charge in [-0.1, -0.05) is 0 Å². The van der Waals surface area contributed by atoms with E-state index in [0.29, 0.717) is 11.2 Å². The molecule has 2 aromatic rings. The van der Waals surface area contributed by atoms with Crippen LogP contribution in [0, 0.1) is 0 Å². The smallest absolute Gasteiger partial charge is 0.332 e. The number of aryl methyl sites for hydroxylation is 2. The zero-order chi connectivity index (χ0) is 10.5. The Morgan fingerprint density at radius 1 is 1.12 bits per heavy atom. The van der Waals surface area contributed by atoms with Crippen LogP contribution in [0.2, 0.25) is 0 Å². The van der Waals surface area contributed by atoms with E-state index in [0.717, 1.165) is 4.57 Å². The van der Waals surface area contributed by atoms with Crippen molar-refractivity contribution in [2.24, 2.45) is 21.1 Å². The fourth-order valence-corrected chi connectivity index (χ4v) is 1.47. The maximum absolute atomic E-state index is 11.7. The molecule has 2 rings (SSSR count). The second-order valence-electron chi connectivity index (χ2n) is 3.23. The molecule has 0 amide bonds. The third kappa shape index (κ3) is 1.63. The van der Waals surface area contributed by atoms with Gasteiger partial charge in [-0.3, -0.25) is 13.9 Å². The molecule has 0 atom stereocenters. The van der Waals surface area contributed by atoms with Gasteiger partial charge in [-0.15, -0.1) is 0 Å². The number of hydrogen-bond donors (Lipinski definition) is 1. The van der Waals surface area contributed by atoms with Gasteiger partial charge in [0, 0.05) is 21.1 Å². The van der Waals surface area contributed by atoms with Gasteiger partial charge >= 0.3 is 5.69 Å². The Balaban J connectivity index is 0.00000112. The summed E-state index contributed by atoms with van der Waals surface area (Å²) in [6.07, 6.45) is 1.52. The summed E-state index contributed by atoms with van der Waals surface area (Å²) in [5.74, 6) is 0. The predicted molar refractivity (Wildman–Crippen MR) is 57.2 cm³/mol. The first-order valence-electron chi connectivity index (χ1n) is 4.11. The first kappa shape index (κ1) is 14.4. The van der Waals surface area contributed by atoms with Gasteiger partial charge in [0.2, 0.25) is 0 Å². The van der Waals surface area contributed by atoms with Crippen LogP contribution in [0.5, 0.6) is 0 Å². The summed E-state index contributed by atoms with van der Waals surface area (Å²) in [4.78, 5) is 27.2. The number of halogens is 1. The number of hydrogen-bond acceptors (Lipinski definition) is 3. The van der Waals surface area contributed by atoms with Gasteiger partial charge in [-0.25, -0.2) is 9.78 Å². The molecule has 2 heterocycles. The minimum atomic E-state index is -0.360. The molecule has 0 spiro atoms. The van der Waals surface area contributed by atoms with Crippen molar-refractivity contribution in [2.75, 3.05) is 0 Å². The highest BCUT2D eigenvalue weighted by Gasteiger charge is 2.11. The number of quaternary nitrogens is 1. The normalized spacial score (nSPS) is 9.69. The Hall–Kier alpha value is -1.60.